The summed E-state index contributed by atoms with van der Waals surface area (Å²) in [6.45, 7) is 0. The summed E-state index contributed by atoms with van der Waals surface area (Å²) in [5.41, 5.74) is 0.211. The summed E-state index contributed by atoms with van der Waals surface area (Å²) in [6, 6.07) is 9.54. The molecule has 0 spiro atoms. The second-order valence-corrected chi connectivity index (χ2v) is 5.55. The van der Waals surface area contributed by atoms with Crippen LogP contribution >= 0.6 is 11.6 Å². The number of hydrogen-bond donors (Lipinski definition) is 1. The monoisotopic (exact) mass is 276 g/mol. The van der Waals surface area contributed by atoms with E-state index in [1.165, 1.54) is 0 Å². The number of carbonyl (C=O) groups excluding carboxylic acids is 1. The highest BCUT2D eigenvalue weighted by Gasteiger charge is 2.33. The van der Waals surface area contributed by atoms with Crippen molar-refractivity contribution in [3.05, 3.63) is 34.9 Å². The van der Waals surface area contributed by atoms with Gasteiger partial charge in [0.15, 0.2) is 0 Å². The van der Waals surface area contributed by atoms with Crippen LogP contribution in [-0.2, 0) is 11.2 Å². The highest BCUT2D eigenvalue weighted by molar-refractivity contribution is 6.30. The lowest BCUT2D eigenvalue weighted by Crippen LogP contribution is -2.49. The lowest BCUT2D eigenvalue weighted by atomic mass is 9.82. The highest BCUT2D eigenvalue weighted by atomic mass is 35.5. The number of nitrogens with zero attached hydrogens (tertiary/aromatic N) is 1. The minimum atomic E-state index is -0.659. The van der Waals surface area contributed by atoms with E-state index in [0.717, 1.165) is 37.7 Å². The van der Waals surface area contributed by atoms with Crippen molar-refractivity contribution >= 4 is 17.5 Å². The van der Waals surface area contributed by atoms with E-state index in [1.807, 2.05) is 12.1 Å². The summed E-state index contributed by atoms with van der Waals surface area (Å²) in [5, 5.41) is 12.8. The zero-order valence-corrected chi connectivity index (χ0v) is 11.5. The van der Waals surface area contributed by atoms with Gasteiger partial charge in [0.1, 0.15) is 5.54 Å². The molecule has 100 valence electrons. The first-order valence-corrected chi connectivity index (χ1v) is 6.98. The first-order chi connectivity index (χ1) is 9.13. The zero-order chi connectivity index (χ0) is 13.7. The Hall–Kier alpha value is -1.53. The van der Waals surface area contributed by atoms with Gasteiger partial charge in [0.2, 0.25) is 5.91 Å². The number of rotatable bonds is 3. The second-order valence-electron chi connectivity index (χ2n) is 5.11. The maximum Gasteiger partial charge on any atom is 0.225 e. The van der Waals surface area contributed by atoms with Crippen LogP contribution in [0.5, 0.6) is 0 Å². The minimum Gasteiger partial charge on any atom is -0.338 e. The van der Waals surface area contributed by atoms with E-state index in [-0.39, 0.29) is 12.3 Å². The van der Waals surface area contributed by atoms with Gasteiger partial charge in [-0.3, -0.25) is 4.79 Å². The highest BCUT2D eigenvalue weighted by Crippen LogP contribution is 2.27. The Kier molecular flexibility index (Phi) is 4.44. The largest absolute Gasteiger partial charge is 0.338 e. The van der Waals surface area contributed by atoms with Crippen molar-refractivity contribution < 1.29 is 4.79 Å². The third-order valence-corrected chi connectivity index (χ3v) is 3.79. The molecule has 19 heavy (non-hydrogen) atoms. The van der Waals surface area contributed by atoms with Crippen LogP contribution in [0.25, 0.3) is 0 Å². The fraction of sp³-hybridized carbons (Fsp3) is 0.467. The lowest BCUT2D eigenvalue weighted by Gasteiger charge is -2.31. The summed E-state index contributed by atoms with van der Waals surface area (Å²) in [4.78, 5) is 12.1. The van der Waals surface area contributed by atoms with E-state index in [0.29, 0.717) is 5.02 Å². The van der Waals surface area contributed by atoms with Crippen molar-refractivity contribution in [2.75, 3.05) is 0 Å². The van der Waals surface area contributed by atoms with Crippen LogP contribution in [0.1, 0.15) is 37.7 Å². The van der Waals surface area contributed by atoms with E-state index in [2.05, 4.69) is 11.4 Å². The van der Waals surface area contributed by atoms with Crippen molar-refractivity contribution in [3.8, 4) is 6.07 Å². The molecule has 0 radical (unpaired) electrons. The molecule has 0 aromatic heterocycles. The predicted molar refractivity (Wildman–Crippen MR) is 74.7 cm³/mol. The smallest absolute Gasteiger partial charge is 0.225 e. The Morgan fingerprint density at radius 3 is 2.74 bits per heavy atom. The van der Waals surface area contributed by atoms with E-state index >= 15 is 0 Å². The third-order valence-electron chi connectivity index (χ3n) is 3.55. The van der Waals surface area contributed by atoms with Crippen molar-refractivity contribution in [1.29, 1.82) is 5.26 Å². The van der Waals surface area contributed by atoms with Crippen LogP contribution in [0.3, 0.4) is 0 Å². The van der Waals surface area contributed by atoms with Gasteiger partial charge in [0.25, 0.3) is 0 Å². The molecule has 0 heterocycles. The van der Waals surface area contributed by atoms with Crippen molar-refractivity contribution in [2.45, 2.75) is 44.1 Å². The maximum absolute atomic E-state index is 12.1. The van der Waals surface area contributed by atoms with Crippen molar-refractivity contribution in [3.63, 3.8) is 0 Å². The summed E-state index contributed by atoms with van der Waals surface area (Å²) in [6.07, 6.45) is 4.93. The molecule has 1 N–H and O–H groups in total. The molecule has 1 fully saturated rings. The van der Waals surface area contributed by atoms with Crippen molar-refractivity contribution in [2.24, 2.45) is 0 Å². The molecule has 1 saturated carbocycles. The Bertz CT molecular complexity index is 501. The quantitative estimate of drug-likeness (QED) is 0.921. The molecule has 1 aromatic carbocycles. The average molecular weight is 277 g/mol. The van der Waals surface area contributed by atoms with Gasteiger partial charge in [0.05, 0.1) is 12.5 Å². The van der Waals surface area contributed by atoms with E-state index in [9.17, 15) is 10.1 Å². The van der Waals surface area contributed by atoms with Gasteiger partial charge < -0.3 is 5.32 Å². The molecule has 3 nitrogen and oxygen atoms in total. The number of amides is 1. The van der Waals surface area contributed by atoms with Crippen LogP contribution in [0.15, 0.2) is 24.3 Å². The number of carbonyl (C=O) groups is 1. The molecular formula is C15H17ClN2O. The topological polar surface area (TPSA) is 52.9 Å². The average Bonchev–Trinajstić information content (AvgIpc) is 2.39. The number of nitriles is 1. The summed E-state index contributed by atoms with van der Waals surface area (Å²) < 4.78 is 0. The van der Waals surface area contributed by atoms with E-state index in [1.54, 1.807) is 12.1 Å². The number of nitrogens with one attached hydrogen (secondary N) is 1. The maximum atomic E-state index is 12.1. The number of halogens is 1. The molecule has 1 aliphatic rings. The van der Waals surface area contributed by atoms with Gasteiger partial charge in [0, 0.05) is 5.02 Å². The Labute approximate surface area is 118 Å². The zero-order valence-electron chi connectivity index (χ0n) is 10.8. The SMILES string of the molecule is N#CC1(NC(=O)Cc2cccc(Cl)c2)CCCCC1. The molecule has 2 rings (SSSR count). The predicted octanol–water partition coefficient (Wildman–Crippen LogP) is 3.23. The number of benzene rings is 1. The molecule has 0 saturated heterocycles. The normalized spacial score (nSPS) is 17.5. The van der Waals surface area contributed by atoms with E-state index < -0.39 is 5.54 Å². The van der Waals surface area contributed by atoms with Gasteiger partial charge in [-0.05, 0) is 30.5 Å². The fourth-order valence-corrected chi connectivity index (χ4v) is 2.78. The first-order valence-electron chi connectivity index (χ1n) is 6.60. The van der Waals surface area contributed by atoms with Gasteiger partial charge in [-0.2, -0.15) is 5.26 Å². The van der Waals surface area contributed by atoms with Crippen molar-refractivity contribution in [1.82, 2.24) is 5.32 Å². The number of hydrogen-bond acceptors (Lipinski definition) is 2. The molecule has 1 amide bonds. The van der Waals surface area contributed by atoms with Gasteiger partial charge in [-0.15, -0.1) is 0 Å². The lowest BCUT2D eigenvalue weighted by molar-refractivity contribution is -0.122. The fourth-order valence-electron chi connectivity index (χ4n) is 2.56. The van der Waals surface area contributed by atoms with Crippen LogP contribution in [0.4, 0.5) is 0 Å². The van der Waals surface area contributed by atoms with Crippen LogP contribution in [0, 0.1) is 11.3 Å². The van der Waals surface area contributed by atoms with E-state index in [4.69, 9.17) is 11.6 Å². The van der Waals surface area contributed by atoms with Gasteiger partial charge >= 0.3 is 0 Å². The van der Waals surface area contributed by atoms with Gasteiger partial charge in [-0.25, -0.2) is 0 Å². The molecule has 0 atom stereocenters. The first kappa shape index (κ1) is 13.9. The van der Waals surface area contributed by atoms with Crippen LogP contribution < -0.4 is 5.32 Å². The Morgan fingerprint density at radius 2 is 2.11 bits per heavy atom. The molecule has 4 heteroatoms. The minimum absolute atomic E-state index is 0.106. The molecule has 0 bridgehead atoms. The Balaban J connectivity index is 1.99. The molecular weight excluding hydrogens is 260 g/mol. The second kappa shape index (κ2) is 6.08. The van der Waals surface area contributed by atoms with Crippen LogP contribution in [0.2, 0.25) is 5.02 Å². The van der Waals surface area contributed by atoms with Crippen LogP contribution in [-0.4, -0.2) is 11.4 Å². The summed E-state index contributed by atoms with van der Waals surface area (Å²) >= 11 is 5.89. The van der Waals surface area contributed by atoms with Gasteiger partial charge in [-0.1, -0.05) is 43.0 Å². The molecule has 0 unspecified atom stereocenters. The Morgan fingerprint density at radius 1 is 1.37 bits per heavy atom. The molecule has 0 aliphatic heterocycles. The summed E-state index contributed by atoms with van der Waals surface area (Å²) in [5.74, 6) is -0.106. The third kappa shape index (κ3) is 3.71. The standard InChI is InChI=1S/C15H17ClN2O/c16-13-6-4-5-12(9-13)10-14(19)18-15(11-17)7-2-1-3-8-15/h4-6,9H,1-3,7-8,10H2,(H,18,19). The summed E-state index contributed by atoms with van der Waals surface area (Å²) in [7, 11) is 0. The molecule has 1 aromatic rings. The molecule has 1 aliphatic carbocycles.